The number of hydrogen-bond donors (Lipinski definition) is 1. The van der Waals surface area contributed by atoms with E-state index in [9.17, 15) is 4.79 Å². The van der Waals surface area contributed by atoms with Gasteiger partial charge in [-0.05, 0) is 49.1 Å². The van der Waals surface area contributed by atoms with E-state index in [1.54, 1.807) is 7.11 Å². The molecule has 0 radical (unpaired) electrons. The number of carbonyl (C=O) groups is 1. The van der Waals surface area contributed by atoms with E-state index < -0.39 is 0 Å². The SMILES string of the molecule is CC/C(=N\NC(=O)C1CC1)c1ccc(OC)cc1. The topological polar surface area (TPSA) is 50.7 Å². The largest absolute Gasteiger partial charge is 0.497 e. The minimum Gasteiger partial charge on any atom is -0.497 e. The van der Waals surface area contributed by atoms with Crippen LogP contribution in [0.1, 0.15) is 31.7 Å². The first-order chi connectivity index (χ1) is 8.74. The van der Waals surface area contributed by atoms with Gasteiger partial charge in [-0.3, -0.25) is 4.79 Å². The highest BCUT2D eigenvalue weighted by molar-refractivity contribution is 6.01. The summed E-state index contributed by atoms with van der Waals surface area (Å²) in [5.41, 5.74) is 4.53. The average molecular weight is 246 g/mol. The van der Waals surface area contributed by atoms with Gasteiger partial charge >= 0.3 is 0 Å². The van der Waals surface area contributed by atoms with E-state index in [2.05, 4.69) is 10.5 Å². The van der Waals surface area contributed by atoms with Crippen LogP contribution in [0.5, 0.6) is 5.75 Å². The number of amides is 1. The molecule has 1 fully saturated rings. The molecular weight excluding hydrogens is 228 g/mol. The van der Waals surface area contributed by atoms with Crippen molar-refractivity contribution in [2.45, 2.75) is 26.2 Å². The van der Waals surface area contributed by atoms with Gasteiger partial charge in [0.25, 0.3) is 0 Å². The molecule has 96 valence electrons. The molecule has 2 rings (SSSR count). The van der Waals surface area contributed by atoms with Gasteiger partial charge in [0.2, 0.25) is 5.91 Å². The zero-order valence-corrected chi connectivity index (χ0v) is 10.8. The molecule has 0 spiro atoms. The van der Waals surface area contributed by atoms with E-state index >= 15 is 0 Å². The second kappa shape index (κ2) is 5.67. The molecule has 1 aromatic rings. The molecular formula is C14H18N2O2. The van der Waals surface area contributed by atoms with Gasteiger partial charge < -0.3 is 4.74 Å². The van der Waals surface area contributed by atoms with Crippen molar-refractivity contribution in [2.75, 3.05) is 7.11 Å². The Labute approximate surface area is 107 Å². The van der Waals surface area contributed by atoms with Crippen LogP contribution >= 0.6 is 0 Å². The summed E-state index contributed by atoms with van der Waals surface area (Å²) in [6, 6.07) is 7.68. The summed E-state index contributed by atoms with van der Waals surface area (Å²) in [6.07, 6.45) is 2.76. The van der Waals surface area contributed by atoms with Gasteiger partial charge in [-0.15, -0.1) is 0 Å². The Morgan fingerprint density at radius 3 is 2.56 bits per heavy atom. The molecule has 1 aliphatic carbocycles. The molecule has 0 aliphatic heterocycles. The molecule has 4 heteroatoms. The number of nitrogens with zero attached hydrogens (tertiary/aromatic N) is 1. The molecule has 18 heavy (non-hydrogen) atoms. The number of ether oxygens (including phenoxy) is 1. The number of methoxy groups -OCH3 is 1. The highest BCUT2D eigenvalue weighted by atomic mass is 16.5. The van der Waals surface area contributed by atoms with Gasteiger partial charge in [-0.1, -0.05) is 6.92 Å². The summed E-state index contributed by atoms with van der Waals surface area (Å²) in [6.45, 7) is 2.02. The quantitative estimate of drug-likeness (QED) is 0.640. The Bertz CT molecular complexity index is 447. The summed E-state index contributed by atoms with van der Waals surface area (Å²) in [5, 5.41) is 4.21. The van der Waals surface area contributed by atoms with Crippen LogP contribution in [0.3, 0.4) is 0 Å². The standard InChI is InChI=1S/C14H18N2O2/c1-3-13(15-16-14(17)11-4-5-11)10-6-8-12(18-2)9-7-10/h6-9,11H,3-5H2,1-2H3,(H,16,17)/b15-13+. The van der Waals surface area contributed by atoms with Crippen molar-refractivity contribution >= 4 is 11.6 Å². The average Bonchev–Trinajstić information content (AvgIpc) is 3.24. The molecule has 0 bridgehead atoms. The van der Waals surface area contributed by atoms with Crippen LogP contribution in [-0.4, -0.2) is 18.7 Å². The van der Waals surface area contributed by atoms with Crippen LogP contribution in [0.4, 0.5) is 0 Å². The van der Waals surface area contributed by atoms with Gasteiger partial charge in [-0.25, -0.2) is 5.43 Å². The summed E-state index contributed by atoms with van der Waals surface area (Å²) in [4.78, 5) is 11.5. The minimum absolute atomic E-state index is 0.0365. The van der Waals surface area contributed by atoms with Gasteiger partial charge in [0.1, 0.15) is 5.75 Å². The predicted octanol–water partition coefficient (Wildman–Crippen LogP) is 2.34. The van der Waals surface area contributed by atoms with Crippen LogP contribution in [0.25, 0.3) is 0 Å². The van der Waals surface area contributed by atoms with Gasteiger partial charge in [0.15, 0.2) is 0 Å². The first kappa shape index (κ1) is 12.6. The molecule has 1 aromatic carbocycles. The smallest absolute Gasteiger partial charge is 0.243 e. The molecule has 0 atom stereocenters. The summed E-state index contributed by atoms with van der Waals surface area (Å²) < 4.78 is 5.11. The third kappa shape index (κ3) is 3.09. The maximum Gasteiger partial charge on any atom is 0.243 e. The monoisotopic (exact) mass is 246 g/mol. The molecule has 0 saturated heterocycles. The molecule has 4 nitrogen and oxygen atoms in total. The highest BCUT2D eigenvalue weighted by Gasteiger charge is 2.29. The summed E-state index contributed by atoms with van der Waals surface area (Å²) >= 11 is 0. The van der Waals surface area contributed by atoms with Crippen molar-refractivity contribution < 1.29 is 9.53 Å². The molecule has 0 heterocycles. The lowest BCUT2D eigenvalue weighted by molar-refractivity contribution is -0.122. The second-order valence-corrected chi connectivity index (χ2v) is 4.39. The molecule has 1 saturated carbocycles. The Kier molecular flexibility index (Phi) is 3.97. The molecule has 0 unspecified atom stereocenters. The fraction of sp³-hybridized carbons (Fsp3) is 0.429. The fourth-order valence-electron chi connectivity index (χ4n) is 1.69. The number of hydrogen-bond acceptors (Lipinski definition) is 3. The normalized spacial score (nSPS) is 15.3. The Morgan fingerprint density at radius 2 is 2.06 bits per heavy atom. The van der Waals surface area contributed by atoms with Gasteiger partial charge in [-0.2, -0.15) is 5.10 Å². The first-order valence-electron chi connectivity index (χ1n) is 6.25. The maximum atomic E-state index is 11.5. The van der Waals surface area contributed by atoms with Crippen LogP contribution < -0.4 is 10.2 Å². The van der Waals surface area contributed by atoms with Crippen LogP contribution in [0, 0.1) is 5.92 Å². The number of carbonyl (C=O) groups excluding carboxylic acids is 1. The van der Waals surface area contributed by atoms with Gasteiger partial charge in [0.05, 0.1) is 12.8 Å². The molecule has 0 aromatic heterocycles. The van der Waals surface area contributed by atoms with Crippen molar-refractivity contribution in [3.8, 4) is 5.75 Å². The lowest BCUT2D eigenvalue weighted by Crippen LogP contribution is -2.21. The maximum absolute atomic E-state index is 11.5. The predicted molar refractivity (Wildman–Crippen MR) is 70.7 cm³/mol. The van der Waals surface area contributed by atoms with Crippen molar-refractivity contribution in [1.82, 2.24) is 5.43 Å². The number of benzene rings is 1. The molecule has 1 amide bonds. The van der Waals surface area contributed by atoms with E-state index in [1.165, 1.54) is 0 Å². The third-order valence-electron chi connectivity index (χ3n) is 3.01. The summed E-state index contributed by atoms with van der Waals surface area (Å²) in [7, 11) is 1.64. The van der Waals surface area contributed by atoms with Crippen LogP contribution in [0.15, 0.2) is 29.4 Å². The van der Waals surface area contributed by atoms with Crippen molar-refractivity contribution in [3.05, 3.63) is 29.8 Å². The second-order valence-electron chi connectivity index (χ2n) is 4.39. The van der Waals surface area contributed by atoms with Crippen LogP contribution in [0.2, 0.25) is 0 Å². The van der Waals surface area contributed by atoms with Crippen molar-refractivity contribution in [3.63, 3.8) is 0 Å². The number of nitrogens with one attached hydrogen (secondary N) is 1. The van der Waals surface area contributed by atoms with E-state index in [1.807, 2.05) is 31.2 Å². The number of hydrazone groups is 1. The first-order valence-corrected chi connectivity index (χ1v) is 6.25. The van der Waals surface area contributed by atoms with E-state index in [0.717, 1.165) is 36.3 Å². The number of rotatable bonds is 5. The highest BCUT2D eigenvalue weighted by Crippen LogP contribution is 2.28. The zero-order valence-electron chi connectivity index (χ0n) is 10.8. The zero-order chi connectivity index (χ0) is 13.0. The Morgan fingerprint density at radius 1 is 1.39 bits per heavy atom. The summed E-state index contributed by atoms with van der Waals surface area (Å²) in [5.74, 6) is 1.04. The Balaban J connectivity index is 2.05. The molecule has 1 aliphatic rings. The lowest BCUT2D eigenvalue weighted by atomic mass is 10.1. The Hall–Kier alpha value is -1.84. The van der Waals surface area contributed by atoms with E-state index in [0.29, 0.717) is 0 Å². The third-order valence-corrected chi connectivity index (χ3v) is 3.01. The van der Waals surface area contributed by atoms with E-state index in [4.69, 9.17) is 4.74 Å². The minimum atomic E-state index is 0.0365. The van der Waals surface area contributed by atoms with Crippen molar-refractivity contribution in [1.29, 1.82) is 0 Å². The fourth-order valence-corrected chi connectivity index (χ4v) is 1.69. The van der Waals surface area contributed by atoms with Gasteiger partial charge in [0, 0.05) is 5.92 Å². The van der Waals surface area contributed by atoms with Crippen molar-refractivity contribution in [2.24, 2.45) is 11.0 Å². The van der Waals surface area contributed by atoms with E-state index in [-0.39, 0.29) is 11.8 Å². The lowest BCUT2D eigenvalue weighted by Gasteiger charge is -2.06. The molecule has 1 N–H and O–H groups in total. The van der Waals surface area contributed by atoms with Crippen LogP contribution in [-0.2, 0) is 4.79 Å².